The van der Waals surface area contributed by atoms with Crippen molar-refractivity contribution in [3.8, 4) is 5.75 Å². The van der Waals surface area contributed by atoms with Crippen LogP contribution in [0.25, 0.3) is 11.0 Å². The molecule has 27 heavy (non-hydrogen) atoms. The second kappa shape index (κ2) is 11.1. The van der Waals surface area contributed by atoms with Crippen molar-refractivity contribution in [1.82, 2.24) is 9.55 Å². The number of aromatic nitrogens is 2. The summed E-state index contributed by atoms with van der Waals surface area (Å²) in [6.45, 7) is 13.3. The molecule has 0 spiro atoms. The van der Waals surface area contributed by atoms with Crippen LogP contribution in [-0.2, 0) is 6.54 Å². The molecule has 0 radical (unpaired) electrons. The van der Waals surface area contributed by atoms with Gasteiger partial charge in [-0.15, -0.1) is 0 Å². The highest BCUT2D eigenvalue weighted by Gasteiger charge is 2.38. The van der Waals surface area contributed by atoms with Crippen molar-refractivity contribution in [1.29, 1.82) is 0 Å². The Bertz CT molecular complexity index is 745. The molecule has 0 aliphatic heterocycles. The Morgan fingerprint density at radius 3 is 2.52 bits per heavy atom. The molecule has 5 nitrogen and oxygen atoms in total. The lowest BCUT2D eigenvalue weighted by atomic mass is 9.72. The number of pyridine rings is 2. The van der Waals surface area contributed by atoms with Crippen LogP contribution in [-0.4, -0.2) is 26.9 Å². The number of ether oxygens (including phenoxy) is 1. The van der Waals surface area contributed by atoms with Crippen molar-refractivity contribution in [3.63, 3.8) is 0 Å². The van der Waals surface area contributed by atoms with Crippen molar-refractivity contribution in [2.45, 2.75) is 79.4 Å². The van der Waals surface area contributed by atoms with E-state index in [0.29, 0.717) is 24.7 Å². The SMILES string of the molecule is CC.CC.CCCCOc1cnc2c(ccc(=O)n2CC2CC(C)(O)C2)c1. The highest BCUT2D eigenvalue weighted by molar-refractivity contribution is 5.76. The van der Waals surface area contributed by atoms with E-state index >= 15 is 0 Å². The van der Waals surface area contributed by atoms with Crippen molar-refractivity contribution in [2.24, 2.45) is 5.92 Å². The summed E-state index contributed by atoms with van der Waals surface area (Å²) in [5.41, 5.74) is 0.0649. The van der Waals surface area contributed by atoms with Gasteiger partial charge < -0.3 is 9.84 Å². The zero-order valence-corrected chi connectivity index (χ0v) is 17.8. The molecule has 0 saturated heterocycles. The first-order valence-corrected chi connectivity index (χ1v) is 10.3. The summed E-state index contributed by atoms with van der Waals surface area (Å²) in [6.07, 6.45) is 5.25. The van der Waals surface area contributed by atoms with Crippen LogP contribution in [0, 0.1) is 5.92 Å². The molecule has 152 valence electrons. The molecule has 2 heterocycles. The first-order valence-electron chi connectivity index (χ1n) is 10.3. The minimum Gasteiger partial charge on any atom is -0.492 e. The molecule has 0 amide bonds. The normalized spacial score (nSPS) is 20.6. The van der Waals surface area contributed by atoms with E-state index in [1.54, 1.807) is 22.9 Å². The third-order valence-corrected chi connectivity index (χ3v) is 4.46. The van der Waals surface area contributed by atoms with Crippen LogP contribution in [0.2, 0.25) is 0 Å². The largest absolute Gasteiger partial charge is 0.492 e. The molecule has 1 aliphatic rings. The summed E-state index contributed by atoms with van der Waals surface area (Å²) < 4.78 is 7.40. The summed E-state index contributed by atoms with van der Waals surface area (Å²) in [7, 11) is 0. The van der Waals surface area contributed by atoms with E-state index in [9.17, 15) is 9.90 Å². The smallest absolute Gasteiger partial charge is 0.252 e. The molecule has 0 bridgehead atoms. The van der Waals surface area contributed by atoms with Gasteiger partial charge in [-0.2, -0.15) is 0 Å². The first kappa shape index (κ1) is 23.2. The van der Waals surface area contributed by atoms with Gasteiger partial charge in [0.05, 0.1) is 18.4 Å². The second-order valence-electron chi connectivity index (χ2n) is 6.84. The van der Waals surface area contributed by atoms with Crippen LogP contribution < -0.4 is 10.3 Å². The van der Waals surface area contributed by atoms with Crippen LogP contribution in [0.5, 0.6) is 5.75 Å². The number of hydrogen-bond acceptors (Lipinski definition) is 4. The Balaban J connectivity index is 0.000000855. The third kappa shape index (κ3) is 6.35. The Kier molecular flexibility index (Phi) is 9.50. The molecule has 3 rings (SSSR count). The monoisotopic (exact) mass is 376 g/mol. The minimum absolute atomic E-state index is 0.0452. The topological polar surface area (TPSA) is 64.3 Å². The zero-order valence-electron chi connectivity index (χ0n) is 17.8. The van der Waals surface area contributed by atoms with Crippen LogP contribution in [0.15, 0.2) is 29.2 Å². The maximum Gasteiger partial charge on any atom is 0.252 e. The Morgan fingerprint density at radius 1 is 1.26 bits per heavy atom. The van der Waals surface area contributed by atoms with Crippen LogP contribution >= 0.6 is 0 Å². The lowest BCUT2D eigenvalue weighted by molar-refractivity contribution is -0.0617. The van der Waals surface area contributed by atoms with Gasteiger partial charge in [-0.05, 0) is 44.2 Å². The van der Waals surface area contributed by atoms with Gasteiger partial charge in [-0.25, -0.2) is 4.98 Å². The predicted octanol–water partition coefficient (Wildman–Crippen LogP) is 4.79. The number of hydrogen-bond donors (Lipinski definition) is 1. The molecule has 2 aromatic heterocycles. The Hall–Kier alpha value is -1.88. The van der Waals surface area contributed by atoms with Crippen LogP contribution in [0.4, 0.5) is 0 Å². The van der Waals surface area contributed by atoms with E-state index in [4.69, 9.17) is 4.74 Å². The van der Waals surface area contributed by atoms with Crippen molar-refractivity contribution in [3.05, 3.63) is 34.7 Å². The fourth-order valence-corrected chi connectivity index (χ4v) is 3.32. The van der Waals surface area contributed by atoms with Crippen molar-refractivity contribution < 1.29 is 9.84 Å². The summed E-state index contributed by atoms with van der Waals surface area (Å²) >= 11 is 0. The highest BCUT2D eigenvalue weighted by atomic mass is 16.5. The molecule has 1 saturated carbocycles. The van der Waals surface area contributed by atoms with Gasteiger partial charge in [-0.3, -0.25) is 9.36 Å². The summed E-state index contributed by atoms with van der Waals surface area (Å²) in [6, 6.07) is 5.31. The molecule has 0 unspecified atom stereocenters. The number of rotatable bonds is 6. The summed E-state index contributed by atoms with van der Waals surface area (Å²) in [4.78, 5) is 16.6. The van der Waals surface area contributed by atoms with E-state index < -0.39 is 5.60 Å². The molecule has 0 aromatic carbocycles. The average molecular weight is 377 g/mol. The molecule has 5 heteroatoms. The second-order valence-corrected chi connectivity index (χ2v) is 6.84. The van der Waals surface area contributed by atoms with Crippen LogP contribution in [0.1, 0.15) is 67.2 Å². The minimum atomic E-state index is -0.577. The zero-order chi connectivity index (χ0) is 20.4. The van der Waals surface area contributed by atoms with Gasteiger partial charge in [0.15, 0.2) is 0 Å². The van der Waals surface area contributed by atoms with E-state index in [1.807, 2.05) is 40.7 Å². The molecule has 2 aromatic rings. The summed E-state index contributed by atoms with van der Waals surface area (Å²) in [5.74, 6) is 1.07. The highest BCUT2D eigenvalue weighted by Crippen LogP contribution is 2.38. The van der Waals surface area contributed by atoms with E-state index in [-0.39, 0.29) is 5.56 Å². The molecule has 1 fully saturated rings. The first-order chi connectivity index (χ1) is 13.0. The van der Waals surface area contributed by atoms with Gasteiger partial charge in [0.1, 0.15) is 11.4 Å². The molecule has 1 N–H and O–H groups in total. The number of fused-ring (bicyclic) bond motifs is 1. The molecule has 1 aliphatic carbocycles. The lowest BCUT2D eigenvalue weighted by Crippen LogP contribution is -2.43. The third-order valence-electron chi connectivity index (χ3n) is 4.46. The van der Waals surface area contributed by atoms with Gasteiger partial charge in [0.25, 0.3) is 5.56 Å². The number of unbranched alkanes of at least 4 members (excludes halogenated alkanes) is 1. The maximum atomic E-state index is 12.2. The van der Waals surface area contributed by atoms with Crippen molar-refractivity contribution in [2.75, 3.05) is 6.61 Å². The van der Waals surface area contributed by atoms with Crippen LogP contribution in [0.3, 0.4) is 0 Å². The molecule has 0 atom stereocenters. The van der Waals surface area contributed by atoms with Gasteiger partial charge in [0, 0.05) is 18.0 Å². The van der Waals surface area contributed by atoms with Gasteiger partial charge >= 0.3 is 0 Å². The number of nitrogens with zero attached hydrogens (tertiary/aromatic N) is 2. The van der Waals surface area contributed by atoms with E-state index in [1.165, 1.54) is 0 Å². The van der Waals surface area contributed by atoms with E-state index in [2.05, 4.69) is 11.9 Å². The summed E-state index contributed by atoms with van der Waals surface area (Å²) in [5, 5.41) is 10.8. The number of aliphatic hydroxyl groups is 1. The van der Waals surface area contributed by atoms with Gasteiger partial charge in [-0.1, -0.05) is 41.0 Å². The Labute approximate surface area is 163 Å². The maximum absolute atomic E-state index is 12.2. The van der Waals surface area contributed by atoms with E-state index in [0.717, 1.165) is 36.8 Å². The standard InChI is InChI=1S/C18H24N2O3.2C2H6/c1-3-4-7-23-15-8-14-5-6-16(21)20(17(14)19-11-15)12-13-9-18(2,22)10-13;2*1-2/h5-6,8,11,13,22H,3-4,7,9-10,12H2,1-2H3;2*1-2H3. The Morgan fingerprint density at radius 2 is 1.93 bits per heavy atom. The van der Waals surface area contributed by atoms with Crippen molar-refractivity contribution >= 4 is 11.0 Å². The van der Waals surface area contributed by atoms with Gasteiger partial charge in [0.2, 0.25) is 0 Å². The fourth-order valence-electron chi connectivity index (χ4n) is 3.32. The fraction of sp³-hybridized carbons (Fsp3) is 0.636. The molecular formula is C22H36N2O3. The average Bonchev–Trinajstić information content (AvgIpc) is 2.66. The lowest BCUT2D eigenvalue weighted by Gasteiger charge is -2.41. The molecular weight excluding hydrogens is 340 g/mol. The predicted molar refractivity (Wildman–Crippen MR) is 112 cm³/mol. The quantitative estimate of drug-likeness (QED) is 0.736.